The fourth-order valence-corrected chi connectivity index (χ4v) is 3.21. The number of likely N-dealkylation sites (tertiary alicyclic amines) is 1. The van der Waals surface area contributed by atoms with Gasteiger partial charge in [0, 0.05) is 51.2 Å². The van der Waals surface area contributed by atoms with Gasteiger partial charge in [-0.25, -0.2) is 0 Å². The Morgan fingerprint density at radius 2 is 1.74 bits per heavy atom. The average Bonchev–Trinajstić information content (AvgIpc) is 2.39. The summed E-state index contributed by atoms with van der Waals surface area (Å²) in [4.78, 5) is 16.7. The van der Waals surface area contributed by atoms with E-state index in [0.29, 0.717) is 24.4 Å². The first-order valence-corrected chi connectivity index (χ1v) is 7.42. The van der Waals surface area contributed by atoms with E-state index in [1.807, 2.05) is 4.90 Å². The lowest BCUT2D eigenvalue weighted by molar-refractivity contribution is -0.132. The van der Waals surface area contributed by atoms with Crippen LogP contribution in [0.5, 0.6) is 0 Å². The number of carbonyl (C=O) groups excluding carboxylic acids is 1. The van der Waals surface area contributed by atoms with Gasteiger partial charge in [-0.2, -0.15) is 0 Å². The first kappa shape index (κ1) is 16.7. The van der Waals surface area contributed by atoms with Crippen LogP contribution < -0.4 is 5.32 Å². The Labute approximate surface area is 123 Å². The van der Waals surface area contributed by atoms with Crippen molar-refractivity contribution in [3.8, 4) is 0 Å². The Kier molecular flexibility index (Phi) is 7.11. The molecule has 2 heterocycles. The van der Waals surface area contributed by atoms with Gasteiger partial charge in [0.1, 0.15) is 0 Å². The lowest BCUT2D eigenvalue weighted by atomic mass is 9.97. The Balaban J connectivity index is 0.00000180. The topological polar surface area (TPSA) is 35.6 Å². The van der Waals surface area contributed by atoms with Crippen molar-refractivity contribution >= 4 is 18.3 Å². The van der Waals surface area contributed by atoms with Crippen LogP contribution in [-0.4, -0.2) is 60.5 Å². The monoisotopic (exact) mass is 289 g/mol. The maximum atomic E-state index is 12.1. The second kappa shape index (κ2) is 8.08. The van der Waals surface area contributed by atoms with Crippen molar-refractivity contribution in [1.29, 1.82) is 0 Å². The number of piperidine rings is 1. The summed E-state index contributed by atoms with van der Waals surface area (Å²) in [7, 11) is 0. The second-order valence-corrected chi connectivity index (χ2v) is 5.75. The molecule has 2 aliphatic heterocycles. The summed E-state index contributed by atoms with van der Waals surface area (Å²) >= 11 is 0. The van der Waals surface area contributed by atoms with E-state index in [1.165, 1.54) is 19.3 Å². The Morgan fingerprint density at radius 1 is 1.16 bits per heavy atom. The fourth-order valence-electron chi connectivity index (χ4n) is 3.21. The summed E-state index contributed by atoms with van der Waals surface area (Å²) in [6, 6.07) is 1.29. The van der Waals surface area contributed by atoms with Gasteiger partial charge in [-0.1, -0.05) is 6.42 Å². The van der Waals surface area contributed by atoms with E-state index in [9.17, 15) is 4.79 Å². The van der Waals surface area contributed by atoms with Gasteiger partial charge in [-0.3, -0.25) is 9.69 Å². The molecule has 0 unspecified atom stereocenters. The molecule has 1 amide bonds. The SMILES string of the molecule is C[C@@H]1CCC[C@H](C)N1CCC(=O)N1CCNCC1.Cl. The van der Waals surface area contributed by atoms with Crippen molar-refractivity contribution in [2.24, 2.45) is 0 Å². The largest absolute Gasteiger partial charge is 0.340 e. The average molecular weight is 290 g/mol. The second-order valence-electron chi connectivity index (χ2n) is 5.75. The third kappa shape index (κ3) is 4.62. The number of amides is 1. The maximum absolute atomic E-state index is 12.1. The molecule has 0 saturated carbocycles. The van der Waals surface area contributed by atoms with Crippen LogP contribution in [0.3, 0.4) is 0 Å². The van der Waals surface area contributed by atoms with Gasteiger partial charge in [-0.15, -0.1) is 12.4 Å². The lowest BCUT2D eigenvalue weighted by Gasteiger charge is -2.39. The molecule has 1 N–H and O–H groups in total. The highest BCUT2D eigenvalue weighted by Crippen LogP contribution is 2.22. The number of carbonyl (C=O) groups is 1. The molecule has 0 spiro atoms. The number of nitrogens with zero attached hydrogens (tertiary/aromatic N) is 2. The molecule has 2 atom stereocenters. The number of halogens is 1. The molecular formula is C14H28ClN3O. The highest BCUT2D eigenvalue weighted by atomic mass is 35.5. The van der Waals surface area contributed by atoms with Gasteiger partial charge < -0.3 is 10.2 Å². The van der Waals surface area contributed by atoms with Crippen LogP contribution in [0.1, 0.15) is 39.5 Å². The Bertz CT molecular complexity index is 272. The van der Waals surface area contributed by atoms with Gasteiger partial charge in [0.15, 0.2) is 0 Å². The van der Waals surface area contributed by atoms with Crippen LogP contribution >= 0.6 is 12.4 Å². The Hall–Kier alpha value is -0.320. The predicted octanol–water partition coefficient (Wildman–Crippen LogP) is 1.49. The molecule has 112 valence electrons. The molecule has 0 aromatic heterocycles. The fraction of sp³-hybridized carbons (Fsp3) is 0.929. The molecule has 0 aromatic carbocycles. The number of hydrogen-bond acceptors (Lipinski definition) is 3. The van der Waals surface area contributed by atoms with Crippen LogP contribution in [0.15, 0.2) is 0 Å². The van der Waals surface area contributed by atoms with E-state index in [2.05, 4.69) is 24.1 Å². The first-order valence-electron chi connectivity index (χ1n) is 7.42. The molecule has 2 aliphatic rings. The van der Waals surface area contributed by atoms with Crippen molar-refractivity contribution in [1.82, 2.24) is 15.1 Å². The highest BCUT2D eigenvalue weighted by Gasteiger charge is 2.25. The van der Waals surface area contributed by atoms with Crippen molar-refractivity contribution in [2.45, 2.75) is 51.6 Å². The van der Waals surface area contributed by atoms with Crippen LogP contribution in [0.2, 0.25) is 0 Å². The van der Waals surface area contributed by atoms with Crippen LogP contribution in [-0.2, 0) is 4.79 Å². The molecule has 5 heteroatoms. The summed E-state index contributed by atoms with van der Waals surface area (Å²) in [6.07, 6.45) is 4.59. The van der Waals surface area contributed by atoms with E-state index in [1.54, 1.807) is 0 Å². The smallest absolute Gasteiger partial charge is 0.223 e. The zero-order valence-electron chi connectivity index (χ0n) is 12.2. The molecule has 4 nitrogen and oxygen atoms in total. The zero-order valence-corrected chi connectivity index (χ0v) is 13.0. The zero-order chi connectivity index (χ0) is 13.0. The van der Waals surface area contributed by atoms with Gasteiger partial charge in [-0.05, 0) is 26.7 Å². The third-order valence-corrected chi connectivity index (χ3v) is 4.43. The maximum Gasteiger partial charge on any atom is 0.223 e. The molecule has 0 bridgehead atoms. The Morgan fingerprint density at radius 3 is 2.32 bits per heavy atom. The standard InChI is InChI=1S/C14H27N3O.ClH/c1-12-4-3-5-13(2)17(12)9-6-14(18)16-10-7-15-8-11-16;/h12-13,15H,3-11H2,1-2H3;1H/t12-,13+;. The predicted molar refractivity (Wildman–Crippen MR) is 80.8 cm³/mol. The van der Waals surface area contributed by atoms with Crippen LogP contribution in [0.25, 0.3) is 0 Å². The number of rotatable bonds is 3. The van der Waals surface area contributed by atoms with Crippen LogP contribution in [0, 0.1) is 0 Å². The molecular weight excluding hydrogens is 262 g/mol. The molecule has 2 rings (SSSR count). The van der Waals surface area contributed by atoms with Crippen molar-refractivity contribution < 1.29 is 4.79 Å². The molecule has 19 heavy (non-hydrogen) atoms. The molecule has 2 saturated heterocycles. The van der Waals surface area contributed by atoms with E-state index < -0.39 is 0 Å². The summed E-state index contributed by atoms with van der Waals surface area (Å²) in [5.41, 5.74) is 0. The first-order chi connectivity index (χ1) is 8.68. The lowest BCUT2D eigenvalue weighted by Crippen LogP contribution is -2.49. The third-order valence-electron chi connectivity index (χ3n) is 4.43. The van der Waals surface area contributed by atoms with Crippen molar-refractivity contribution in [3.63, 3.8) is 0 Å². The quantitative estimate of drug-likeness (QED) is 0.855. The number of piperazine rings is 1. The molecule has 0 aromatic rings. The minimum Gasteiger partial charge on any atom is -0.340 e. The van der Waals surface area contributed by atoms with Gasteiger partial charge in [0.25, 0.3) is 0 Å². The summed E-state index contributed by atoms with van der Waals surface area (Å²) in [5, 5.41) is 3.28. The van der Waals surface area contributed by atoms with E-state index in [0.717, 1.165) is 32.7 Å². The molecule has 2 fully saturated rings. The van der Waals surface area contributed by atoms with E-state index in [-0.39, 0.29) is 12.4 Å². The minimum absolute atomic E-state index is 0. The summed E-state index contributed by atoms with van der Waals surface area (Å²) < 4.78 is 0. The van der Waals surface area contributed by atoms with Gasteiger partial charge >= 0.3 is 0 Å². The number of hydrogen-bond donors (Lipinski definition) is 1. The highest BCUT2D eigenvalue weighted by molar-refractivity contribution is 5.85. The van der Waals surface area contributed by atoms with Crippen molar-refractivity contribution in [3.05, 3.63) is 0 Å². The molecule has 0 radical (unpaired) electrons. The van der Waals surface area contributed by atoms with E-state index >= 15 is 0 Å². The minimum atomic E-state index is 0. The van der Waals surface area contributed by atoms with Gasteiger partial charge in [0.05, 0.1) is 0 Å². The van der Waals surface area contributed by atoms with Crippen molar-refractivity contribution in [2.75, 3.05) is 32.7 Å². The van der Waals surface area contributed by atoms with Gasteiger partial charge in [0.2, 0.25) is 5.91 Å². The number of nitrogens with one attached hydrogen (secondary N) is 1. The molecule has 0 aliphatic carbocycles. The summed E-state index contributed by atoms with van der Waals surface area (Å²) in [6.45, 7) is 9.18. The van der Waals surface area contributed by atoms with E-state index in [4.69, 9.17) is 0 Å². The summed E-state index contributed by atoms with van der Waals surface area (Å²) in [5.74, 6) is 0.335. The normalized spacial score (nSPS) is 28.8. The van der Waals surface area contributed by atoms with Crippen LogP contribution in [0.4, 0.5) is 0 Å².